The van der Waals surface area contributed by atoms with Crippen molar-refractivity contribution in [3.05, 3.63) is 35.8 Å². The first kappa shape index (κ1) is 18.1. The Hall–Kier alpha value is -1.70. The maximum Gasteiger partial charge on any atom is 0.147 e. The molecular weight excluding hydrogens is 320 g/mol. The Morgan fingerprint density at radius 3 is 3.04 bits per heavy atom. The molecule has 1 aliphatic heterocycles. The van der Waals surface area contributed by atoms with Crippen molar-refractivity contribution >= 4 is 0 Å². The largest absolute Gasteiger partial charge is 0.467 e. The lowest BCUT2D eigenvalue weighted by Crippen LogP contribution is -2.42. The Bertz CT molecular complexity index is 641. The highest BCUT2D eigenvalue weighted by atomic mass is 16.5. The summed E-state index contributed by atoms with van der Waals surface area (Å²) in [6.45, 7) is 8.20. The fourth-order valence-electron chi connectivity index (χ4n) is 3.49. The van der Waals surface area contributed by atoms with Gasteiger partial charge >= 0.3 is 0 Å². The number of ether oxygens (including phenoxy) is 1. The number of hydrogen-bond acceptors (Lipinski definition) is 6. The molecule has 0 aromatic carbocycles. The molecule has 2 aromatic heterocycles. The van der Waals surface area contributed by atoms with Gasteiger partial charge < -0.3 is 19.2 Å². The Balaban J connectivity index is 1.40. The topological polar surface area (TPSA) is 76.6 Å². The molecule has 2 atom stereocenters. The minimum atomic E-state index is -0.482. The summed E-state index contributed by atoms with van der Waals surface area (Å²) >= 11 is 0. The molecular formula is C18H28N4O3. The maximum absolute atomic E-state index is 10.2. The number of aromatic nitrogens is 3. The van der Waals surface area contributed by atoms with E-state index in [0.29, 0.717) is 25.7 Å². The number of β-amino-alcohol motifs (C(OH)–C–C–N with tert-alkyl or cyclic N) is 1. The van der Waals surface area contributed by atoms with Gasteiger partial charge in [0.25, 0.3) is 0 Å². The van der Waals surface area contributed by atoms with Gasteiger partial charge in [-0.3, -0.25) is 0 Å². The molecule has 1 fully saturated rings. The van der Waals surface area contributed by atoms with Gasteiger partial charge in [-0.05, 0) is 51.3 Å². The summed E-state index contributed by atoms with van der Waals surface area (Å²) in [6, 6.07) is 3.71. The Labute approximate surface area is 148 Å². The van der Waals surface area contributed by atoms with Gasteiger partial charge in [-0.15, -0.1) is 0 Å². The number of aliphatic hydroxyl groups is 1. The number of rotatable bonds is 8. The molecule has 0 amide bonds. The van der Waals surface area contributed by atoms with E-state index >= 15 is 0 Å². The lowest BCUT2D eigenvalue weighted by molar-refractivity contribution is -0.00200. The highest BCUT2D eigenvalue weighted by Crippen LogP contribution is 2.19. The van der Waals surface area contributed by atoms with Crippen LogP contribution in [-0.2, 0) is 17.9 Å². The zero-order chi connectivity index (χ0) is 17.6. The van der Waals surface area contributed by atoms with Crippen LogP contribution in [0, 0.1) is 19.8 Å². The van der Waals surface area contributed by atoms with Crippen LogP contribution < -0.4 is 0 Å². The first-order valence-corrected chi connectivity index (χ1v) is 8.98. The molecule has 25 heavy (non-hydrogen) atoms. The molecule has 1 N–H and O–H groups in total. The monoisotopic (exact) mass is 348 g/mol. The van der Waals surface area contributed by atoms with Crippen molar-refractivity contribution in [1.82, 2.24) is 19.7 Å². The normalized spacial score (nSPS) is 20.0. The smallest absolute Gasteiger partial charge is 0.147 e. The van der Waals surface area contributed by atoms with Crippen LogP contribution in [0.3, 0.4) is 0 Å². The predicted octanol–water partition coefficient (Wildman–Crippen LogP) is 1.78. The number of likely N-dealkylation sites (tertiary alicyclic amines) is 1. The van der Waals surface area contributed by atoms with E-state index in [1.54, 1.807) is 6.26 Å². The minimum Gasteiger partial charge on any atom is -0.467 e. The summed E-state index contributed by atoms with van der Waals surface area (Å²) in [4.78, 5) is 6.70. The van der Waals surface area contributed by atoms with Crippen LogP contribution >= 0.6 is 0 Å². The van der Waals surface area contributed by atoms with E-state index in [0.717, 1.165) is 43.5 Å². The predicted molar refractivity (Wildman–Crippen MR) is 93.0 cm³/mol. The molecule has 138 valence electrons. The molecule has 0 bridgehead atoms. The Morgan fingerprint density at radius 1 is 1.44 bits per heavy atom. The highest BCUT2D eigenvalue weighted by Gasteiger charge is 2.23. The van der Waals surface area contributed by atoms with E-state index in [9.17, 15) is 5.11 Å². The van der Waals surface area contributed by atoms with Crippen molar-refractivity contribution in [3.8, 4) is 0 Å². The van der Waals surface area contributed by atoms with Crippen LogP contribution in [0.15, 0.2) is 22.8 Å². The van der Waals surface area contributed by atoms with E-state index in [4.69, 9.17) is 9.15 Å². The van der Waals surface area contributed by atoms with Crippen LogP contribution in [0.4, 0.5) is 0 Å². The number of piperidine rings is 1. The summed E-state index contributed by atoms with van der Waals surface area (Å²) < 4.78 is 12.8. The third kappa shape index (κ3) is 5.39. The summed E-state index contributed by atoms with van der Waals surface area (Å²) in [6.07, 6.45) is 3.49. The maximum atomic E-state index is 10.2. The van der Waals surface area contributed by atoms with E-state index in [1.165, 1.54) is 6.42 Å². The second kappa shape index (κ2) is 8.60. The van der Waals surface area contributed by atoms with E-state index in [-0.39, 0.29) is 0 Å². The number of hydrogen-bond donors (Lipinski definition) is 1. The molecule has 3 rings (SSSR count). The molecule has 7 heteroatoms. The van der Waals surface area contributed by atoms with Gasteiger partial charge in [-0.25, -0.2) is 9.67 Å². The number of aliphatic hydroxyl groups excluding tert-OH is 1. The van der Waals surface area contributed by atoms with E-state index in [2.05, 4.69) is 15.0 Å². The molecule has 7 nitrogen and oxygen atoms in total. The standard InChI is InChI=1S/C18H28N4O3/c1-14-19-15(2)22(20-14)10-16-5-3-7-21(9-16)11-17(23)12-24-13-18-6-4-8-25-18/h4,6,8,16-17,23H,3,5,7,9-13H2,1-2H3/t16-,17+/m1/s1. The fourth-order valence-corrected chi connectivity index (χ4v) is 3.49. The van der Waals surface area contributed by atoms with Crippen molar-refractivity contribution in [2.75, 3.05) is 26.2 Å². The molecule has 0 saturated carbocycles. The average molecular weight is 348 g/mol. The van der Waals surface area contributed by atoms with Crippen LogP contribution in [-0.4, -0.2) is 57.1 Å². The molecule has 0 spiro atoms. The van der Waals surface area contributed by atoms with E-state index in [1.807, 2.05) is 30.7 Å². The summed E-state index contributed by atoms with van der Waals surface area (Å²) in [5.41, 5.74) is 0. The highest BCUT2D eigenvalue weighted by molar-refractivity contribution is 4.96. The van der Waals surface area contributed by atoms with Crippen LogP contribution in [0.25, 0.3) is 0 Å². The van der Waals surface area contributed by atoms with Gasteiger partial charge in [-0.1, -0.05) is 0 Å². The molecule has 1 saturated heterocycles. The SMILES string of the molecule is Cc1nc(C)n(C[C@@H]2CCCN(C[C@H](O)COCc3ccco3)C2)n1. The van der Waals surface area contributed by atoms with Crippen molar-refractivity contribution < 1.29 is 14.3 Å². The van der Waals surface area contributed by atoms with Gasteiger partial charge in [0.15, 0.2) is 0 Å². The third-order valence-electron chi connectivity index (χ3n) is 4.60. The summed E-state index contributed by atoms with van der Waals surface area (Å²) in [7, 11) is 0. The quantitative estimate of drug-likeness (QED) is 0.784. The van der Waals surface area contributed by atoms with E-state index < -0.39 is 6.10 Å². The second-order valence-electron chi connectivity index (χ2n) is 6.90. The van der Waals surface area contributed by atoms with Crippen molar-refractivity contribution in [1.29, 1.82) is 0 Å². The Morgan fingerprint density at radius 2 is 2.32 bits per heavy atom. The van der Waals surface area contributed by atoms with Crippen molar-refractivity contribution in [2.24, 2.45) is 5.92 Å². The molecule has 1 aliphatic rings. The minimum absolute atomic E-state index is 0.323. The van der Waals surface area contributed by atoms with Crippen LogP contribution in [0.2, 0.25) is 0 Å². The van der Waals surface area contributed by atoms with Gasteiger partial charge in [0.1, 0.15) is 24.0 Å². The van der Waals surface area contributed by atoms with Gasteiger partial charge in [0.2, 0.25) is 0 Å². The average Bonchev–Trinajstić information content (AvgIpc) is 3.18. The van der Waals surface area contributed by atoms with Crippen molar-refractivity contribution in [3.63, 3.8) is 0 Å². The molecule has 2 aromatic rings. The zero-order valence-corrected chi connectivity index (χ0v) is 15.1. The van der Waals surface area contributed by atoms with Gasteiger partial charge in [0.05, 0.1) is 19.0 Å². The third-order valence-corrected chi connectivity index (χ3v) is 4.60. The molecule has 0 radical (unpaired) electrons. The lowest BCUT2D eigenvalue weighted by Gasteiger charge is -2.33. The zero-order valence-electron chi connectivity index (χ0n) is 15.1. The fraction of sp³-hybridized carbons (Fsp3) is 0.667. The number of nitrogens with zero attached hydrogens (tertiary/aromatic N) is 4. The van der Waals surface area contributed by atoms with Gasteiger partial charge in [-0.2, -0.15) is 5.10 Å². The Kier molecular flexibility index (Phi) is 6.23. The van der Waals surface area contributed by atoms with Crippen molar-refractivity contribution in [2.45, 2.75) is 45.9 Å². The lowest BCUT2D eigenvalue weighted by atomic mass is 9.98. The molecule has 3 heterocycles. The number of aryl methyl sites for hydroxylation is 2. The second-order valence-corrected chi connectivity index (χ2v) is 6.90. The first-order valence-electron chi connectivity index (χ1n) is 8.98. The first-order chi connectivity index (χ1) is 12.1. The molecule has 0 unspecified atom stereocenters. The van der Waals surface area contributed by atoms with Gasteiger partial charge in [0, 0.05) is 19.6 Å². The summed E-state index contributed by atoms with van der Waals surface area (Å²) in [5.74, 6) is 3.13. The van der Waals surface area contributed by atoms with Crippen LogP contribution in [0.1, 0.15) is 30.3 Å². The molecule has 0 aliphatic carbocycles. The van der Waals surface area contributed by atoms with Crippen LogP contribution in [0.5, 0.6) is 0 Å². The summed E-state index contributed by atoms with van der Waals surface area (Å²) in [5, 5.41) is 14.7. The number of furan rings is 1.